The molecule has 1 aromatic rings. The molecule has 1 unspecified atom stereocenters. The summed E-state index contributed by atoms with van der Waals surface area (Å²) in [5.74, 6) is -0.135. The molecule has 2 heterocycles. The normalized spacial score (nSPS) is 18.9. The number of hydrogen-bond acceptors (Lipinski definition) is 4. The third kappa shape index (κ3) is 3.57. The van der Waals surface area contributed by atoms with E-state index in [-0.39, 0.29) is 11.9 Å². The van der Waals surface area contributed by atoms with Gasteiger partial charge in [-0.15, -0.1) is 0 Å². The Balaban J connectivity index is 1.76. The van der Waals surface area contributed by atoms with Crippen LogP contribution in [-0.4, -0.2) is 44.9 Å². The molecule has 1 aliphatic heterocycles. The Hall–Kier alpha value is -1.33. The van der Waals surface area contributed by atoms with Gasteiger partial charge in [0.2, 0.25) is 5.76 Å². The summed E-state index contributed by atoms with van der Waals surface area (Å²) in [6.45, 7) is 6.24. The number of ether oxygens (including phenoxy) is 2. The van der Waals surface area contributed by atoms with Crippen LogP contribution in [0.15, 0.2) is 22.8 Å². The van der Waals surface area contributed by atoms with Crippen LogP contribution in [0, 0.1) is 0 Å². The van der Waals surface area contributed by atoms with Crippen molar-refractivity contribution in [1.82, 2.24) is 0 Å². The maximum absolute atomic E-state index is 11.6. The molecule has 1 atom stereocenters. The first-order valence-corrected chi connectivity index (χ1v) is 5.91. The molecule has 5 heteroatoms. The zero-order chi connectivity index (χ0) is 12.1. The van der Waals surface area contributed by atoms with Gasteiger partial charge in [-0.1, -0.05) is 0 Å². The minimum absolute atomic E-state index is 0.110. The highest BCUT2D eigenvalue weighted by molar-refractivity contribution is 5.86. The number of nitrogens with one attached hydrogen (secondary N) is 1. The molecule has 94 valence electrons. The lowest BCUT2D eigenvalue weighted by Crippen LogP contribution is -3.15. The van der Waals surface area contributed by atoms with Crippen LogP contribution in [0.2, 0.25) is 0 Å². The van der Waals surface area contributed by atoms with E-state index in [1.54, 1.807) is 12.1 Å². The van der Waals surface area contributed by atoms with Crippen LogP contribution in [0.1, 0.15) is 17.5 Å². The number of rotatable bonds is 4. The molecule has 0 saturated carbocycles. The van der Waals surface area contributed by atoms with Gasteiger partial charge in [-0.05, 0) is 19.1 Å². The summed E-state index contributed by atoms with van der Waals surface area (Å²) in [6.07, 6.45) is 1.36. The van der Waals surface area contributed by atoms with Gasteiger partial charge in [0.15, 0.2) is 0 Å². The van der Waals surface area contributed by atoms with Crippen LogP contribution in [0.3, 0.4) is 0 Å². The van der Waals surface area contributed by atoms with Crippen molar-refractivity contribution in [3.8, 4) is 0 Å². The zero-order valence-corrected chi connectivity index (χ0v) is 9.98. The number of carbonyl (C=O) groups is 1. The first-order valence-electron chi connectivity index (χ1n) is 5.91. The predicted octanol–water partition coefficient (Wildman–Crippen LogP) is -0.260. The second kappa shape index (κ2) is 5.84. The first kappa shape index (κ1) is 12.1. The minimum atomic E-state index is -0.393. The Bertz CT molecular complexity index is 343. The van der Waals surface area contributed by atoms with Gasteiger partial charge in [-0.25, -0.2) is 4.79 Å². The van der Waals surface area contributed by atoms with E-state index in [9.17, 15) is 4.79 Å². The Morgan fingerprint density at radius 3 is 2.94 bits per heavy atom. The van der Waals surface area contributed by atoms with E-state index in [1.165, 1.54) is 11.2 Å². The lowest BCUT2D eigenvalue weighted by Gasteiger charge is -2.25. The summed E-state index contributed by atoms with van der Waals surface area (Å²) in [5, 5.41) is 0. The fraction of sp³-hybridized carbons (Fsp3) is 0.583. The van der Waals surface area contributed by atoms with Gasteiger partial charge < -0.3 is 18.8 Å². The molecule has 0 aliphatic carbocycles. The molecule has 1 aromatic heterocycles. The Kier molecular flexibility index (Phi) is 4.17. The summed E-state index contributed by atoms with van der Waals surface area (Å²) < 4.78 is 15.6. The molecule has 1 N–H and O–H groups in total. The van der Waals surface area contributed by atoms with Crippen molar-refractivity contribution in [3.05, 3.63) is 24.2 Å². The van der Waals surface area contributed by atoms with Crippen molar-refractivity contribution in [2.24, 2.45) is 0 Å². The van der Waals surface area contributed by atoms with Crippen LogP contribution in [0.5, 0.6) is 0 Å². The molecule has 17 heavy (non-hydrogen) atoms. The van der Waals surface area contributed by atoms with E-state index in [4.69, 9.17) is 13.9 Å². The molecular formula is C12H18NO4+. The molecule has 5 nitrogen and oxygen atoms in total. The maximum atomic E-state index is 11.6. The quantitative estimate of drug-likeness (QED) is 0.737. The minimum Gasteiger partial charge on any atom is -0.457 e. The maximum Gasteiger partial charge on any atom is 0.374 e. The van der Waals surface area contributed by atoms with Crippen molar-refractivity contribution in [3.63, 3.8) is 0 Å². The highest BCUT2D eigenvalue weighted by Crippen LogP contribution is 2.03. The lowest BCUT2D eigenvalue weighted by atomic mass is 10.3. The number of hydrogen-bond donors (Lipinski definition) is 1. The highest BCUT2D eigenvalue weighted by atomic mass is 16.6. The molecule has 0 aromatic carbocycles. The van der Waals surface area contributed by atoms with Crippen LogP contribution < -0.4 is 4.90 Å². The van der Waals surface area contributed by atoms with Crippen LogP contribution in [0.4, 0.5) is 0 Å². The van der Waals surface area contributed by atoms with Gasteiger partial charge >= 0.3 is 5.97 Å². The van der Waals surface area contributed by atoms with Crippen LogP contribution >= 0.6 is 0 Å². The third-order valence-corrected chi connectivity index (χ3v) is 2.81. The predicted molar refractivity (Wildman–Crippen MR) is 60.0 cm³/mol. The smallest absolute Gasteiger partial charge is 0.374 e. The van der Waals surface area contributed by atoms with Crippen LogP contribution in [-0.2, 0) is 9.47 Å². The molecule has 1 aliphatic rings. The number of quaternary nitrogens is 1. The van der Waals surface area contributed by atoms with E-state index in [1.807, 2.05) is 6.92 Å². The number of morpholine rings is 1. The molecule has 1 saturated heterocycles. The van der Waals surface area contributed by atoms with E-state index in [0.29, 0.717) is 0 Å². The van der Waals surface area contributed by atoms with Crippen molar-refractivity contribution in [2.75, 3.05) is 32.8 Å². The molecule has 1 fully saturated rings. The number of furan rings is 1. The second-order valence-corrected chi connectivity index (χ2v) is 4.26. The van der Waals surface area contributed by atoms with E-state index < -0.39 is 5.97 Å². The standard InChI is InChI=1S/C12H17NO4/c1-10(9-13-4-7-15-8-5-13)17-12(14)11-3-2-6-16-11/h2-3,6,10H,4-5,7-9H2,1H3/p+1. The monoisotopic (exact) mass is 240 g/mol. The van der Waals surface area contributed by atoms with Crippen molar-refractivity contribution >= 4 is 5.97 Å². The topological polar surface area (TPSA) is 53.1 Å². The van der Waals surface area contributed by atoms with Crippen molar-refractivity contribution in [2.45, 2.75) is 13.0 Å². The van der Waals surface area contributed by atoms with Crippen molar-refractivity contribution < 1.29 is 23.6 Å². The van der Waals surface area contributed by atoms with E-state index in [2.05, 4.69) is 0 Å². The molecule has 0 bridgehead atoms. The summed E-state index contributed by atoms with van der Waals surface area (Å²) in [7, 11) is 0. The zero-order valence-electron chi connectivity index (χ0n) is 9.98. The Morgan fingerprint density at radius 1 is 1.53 bits per heavy atom. The molecule has 0 spiro atoms. The van der Waals surface area contributed by atoms with E-state index >= 15 is 0 Å². The Morgan fingerprint density at radius 2 is 2.29 bits per heavy atom. The summed E-state index contributed by atoms with van der Waals surface area (Å²) in [5.41, 5.74) is 0. The van der Waals surface area contributed by atoms with Gasteiger partial charge in [0.1, 0.15) is 25.7 Å². The summed E-state index contributed by atoms with van der Waals surface area (Å²) in [4.78, 5) is 13.0. The molecular weight excluding hydrogens is 222 g/mol. The number of carbonyl (C=O) groups excluding carboxylic acids is 1. The Labute approximate surface area is 100 Å². The van der Waals surface area contributed by atoms with Crippen LogP contribution in [0.25, 0.3) is 0 Å². The van der Waals surface area contributed by atoms with Gasteiger partial charge in [-0.3, -0.25) is 0 Å². The van der Waals surface area contributed by atoms with Gasteiger partial charge in [0, 0.05) is 0 Å². The average Bonchev–Trinajstić information content (AvgIpc) is 2.83. The third-order valence-electron chi connectivity index (χ3n) is 2.81. The fourth-order valence-corrected chi connectivity index (χ4v) is 1.95. The number of esters is 1. The molecule has 0 amide bonds. The van der Waals surface area contributed by atoms with Gasteiger partial charge in [0.05, 0.1) is 19.5 Å². The molecule has 0 radical (unpaired) electrons. The average molecular weight is 240 g/mol. The van der Waals surface area contributed by atoms with Gasteiger partial charge in [0.25, 0.3) is 0 Å². The van der Waals surface area contributed by atoms with Gasteiger partial charge in [-0.2, -0.15) is 0 Å². The summed E-state index contributed by atoms with van der Waals surface area (Å²) >= 11 is 0. The first-order chi connectivity index (χ1) is 8.25. The van der Waals surface area contributed by atoms with E-state index in [0.717, 1.165) is 32.8 Å². The largest absolute Gasteiger partial charge is 0.457 e. The lowest BCUT2D eigenvalue weighted by molar-refractivity contribution is -0.910. The summed E-state index contributed by atoms with van der Waals surface area (Å²) in [6, 6.07) is 3.28. The van der Waals surface area contributed by atoms with Crippen molar-refractivity contribution in [1.29, 1.82) is 0 Å². The second-order valence-electron chi connectivity index (χ2n) is 4.26. The SMILES string of the molecule is CC(C[NH+]1CCOCC1)OC(=O)c1ccco1. The highest BCUT2D eigenvalue weighted by Gasteiger charge is 2.21. The fourth-order valence-electron chi connectivity index (χ4n) is 1.95. The molecule has 2 rings (SSSR count).